The maximum absolute atomic E-state index is 11.6. The first-order valence-electron chi connectivity index (χ1n) is 4.87. The van der Waals surface area contributed by atoms with Crippen LogP contribution in [0.3, 0.4) is 0 Å². The smallest absolute Gasteiger partial charge is 0.379 e. The summed E-state index contributed by atoms with van der Waals surface area (Å²) in [4.78, 5) is 45.5. The number of Topliss-reactive ketones (excluding diaryl/α,β-unsaturated/α-hetero) is 2. The van der Waals surface area contributed by atoms with Crippen LogP contribution in [0.15, 0.2) is 24.3 Å². The van der Waals surface area contributed by atoms with Crippen molar-refractivity contribution in [1.29, 1.82) is 0 Å². The fraction of sp³-hybridized carbons (Fsp3) is 0.167. The third kappa shape index (κ3) is 2.60. The van der Waals surface area contributed by atoms with E-state index < -0.39 is 23.5 Å². The van der Waals surface area contributed by atoms with Crippen molar-refractivity contribution < 1.29 is 28.7 Å². The molecule has 0 aliphatic heterocycles. The van der Waals surface area contributed by atoms with E-state index in [4.69, 9.17) is 0 Å². The molecule has 18 heavy (non-hydrogen) atoms. The quantitative estimate of drug-likeness (QED) is 0.436. The van der Waals surface area contributed by atoms with Crippen LogP contribution in [-0.4, -0.2) is 37.7 Å². The molecule has 0 bridgehead atoms. The van der Waals surface area contributed by atoms with Gasteiger partial charge >= 0.3 is 11.9 Å². The van der Waals surface area contributed by atoms with Gasteiger partial charge in [0.25, 0.3) is 11.6 Å². The third-order valence-corrected chi connectivity index (χ3v) is 2.16. The van der Waals surface area contributed by atoms with E-state index in [0.717, 1.165) is 14.2 Å². The van der Waals surface area contributed by atoms with Gasteiger partial charge in [-0.05, 0) is 0 Å². The van der Waals surface area contributed by atoms with E-state index in [1.165, 1.54) is 24.3 Å². The van der Waals surface area contributed by atoms with Crippen LogP contribution >= 0.6 is 0 Å². The predicted octanol–water partition coefficient (Wildman–Crippen LogP) is 0.398. The lowest BCUT2D eigenvalue weighted by molar-refractivity contribution is -0.136. The Morgan fingerprint density at radius 2 is 1.11 bits per heavy atom. The normalized spacial score (nSPS) is 9.44. The first-order valence-corrected chi connectivity index (χ1v) is 4.87. The van der Waals surface area contributed by atoms with Crippen LogP contribution in [0.25, 0.3) is 0 Å². The zero-order chi connectivity index (χ0) is 13.7. The molecule has 6 nitrogen and oxygen atoms in total. The lowest BCUT2D eigenvalue weighted by Gasteiger charge is -2.05. The van der Waals surface area contributed by atoms with E-state index in [2.05, 4.69) is 9.47 Å². The van der Waals surface area contributed by atoms with Crippen molar-refractivity contribution in [1.82, 2.24) is 0 Å². The summed E-state index contributed by atoms with van der Waals surface area (Å²) in [6.07, 6.45) is 0. The molecule has 1 aromatic rings. The number of hydrogen-bond acceptors (Lipinski definition) is 6. The summed E-state index contributed by atoms with van der Waals surface area (Å²) in [5, 5.41) is 0. The number of carbonyl (C=O) groups excluding carboxylic acids is 4. The summed E-state index contributed by atoms with van der Waals surface area (Å²) in [7, 11) is 2.09. The summed E-state index contributed by atoms with van der Waals surface area (Å²) in [5.41, 5.74) is -0.389. The van der Waals surface area contributed by atoms with Gasteiger partial charge in [0.05, 0.1) is 14.2 Å². The SMILES string of the molecule is COC(=O)C(=O)c1ccccc1C(=O)C(=O)OC. The Labute approximate surface area is 102 Å². The molecule has 1 rings (SSSR count). The summed E-state index contributed by atoms with van der Waals surface area (Å²) in [5.74, 6) is -4.21. The third-order valence-electron chi connectivity index (χ3n) is 2.16. The molecule has 0 spiro atoms. The topological polar surface area (TPSA) is 86.7 Å². The zero-order valence-corrected chi connectivity index (χ0v) is 9.76. The number of rotatable bonds is 4. The summed E-state index contributed by atoms with van der Waals surface area (Å²) < 4.78 is 8.54. The summed E-state index contributed by atoms with van der Waals surface area (Å²) in [6, 6.07) is 5.44. The second kappa shape index (κ2) is 5.72. The van der Waals surface area contributed by atoms with Gasteiger partial charge in [-0.15, -0.1) is 0 Å². The van der Waals surface area contributed by atoms with E-state index in [1.807, 2.05) is 0 Å². The Morgan fingerprint density at radius 1 is 0.778 bits per heavy atom. The Balaban J connectivity index is 3.23. The van der Waals surface area contributed by atoms with Crippen LogP contribution in [0.2, 0.25) is 0 Å². The maximum atomic E-state index is 11.6. The lowest BCUT2D eigenvalue weighted by Crippen LogP contribution is -2.22. The molecule has 0 saturated heterocycles. The number of carbonyl (C=O) groups is 4. The molecule has 0 N–H and O–H groups in total. The van der Waals surface area contributed by atoms with Crippen LogP contribution in [-0.2, 0) is 19.1 Å². The van der Waals surface area contributed by atoms with Crippen molar-refractivity contribution in [3.05, 3.63) is 35.4 Å². The minimum absolute atomic E-state index is 0.195. The van der Waals surface area contributed by atoms with E-state index in [1.54, 1.807) is 0 Å². The molecule has 0 atom stereocenters. The van der Waals surface area contributed by atoms with Gasteiger partial charge in [0.2, 0.25) is 0 Å². The van der Waals surface area contributed by atoms with Crippen LogP contribution < -0.4 is 0 Å². The first kappa shape index (κ1) is 13.6. The number of methoxy groups -OCH3 is 2. The molecular formula is C12H10O6. The van der Waals surface area contributed by atoms with E-state index in [-0.39, 0.29) is 11.1 Å². The van der Waals surface area contributed by atoms with Gasteiger partial charge in [-0.2, -0.15) is 0 Å². The van der Waals surface area contributed by atoms with E-state index >= 15 is 0 Å². The monoisotopic (exact) mass is 250 g/mol. The fourth-order valence-corrected chi connectivity index (χ4v) is 1.28. The number of esters is 2. The van der Waals surface area contributed by atoms with Gasteiger partial charge in [0.15, 0.2) is 0 Å². The molecule has 0 aromatic heterocycles. The average Bonchev–Trinajstić information content (AvgIpc) is 2.43. The second-order valence-corrected chi connectivity index (χ2v) is 3.19. The summed E-state index contributed by atoms with van der Waals surface area (Å²) >= 11 is 0. The van der Waals surface area contributed by atoms with Crippen molar-refractivity contribution in [2.75, 3.05) is 14.2 Å². The van der Waals surface area contributed by atoms with Gasteiger partial charge in [0, 0.05) is 11.1 Å². The van der Waals surface area contributed by atoms with Crippen LogP contribution in [0, 0.1) is 0 Å². The molecule has 0 aliphatic carbocycles. The van der Waals surface area contributed by atoms with Gasteiger partial charge < -0.3 is 9.47 Å². The highest BCUT2D eigenvalue weighted by Crippen LogP contribution is 2.12. The first-order chi connectivity index (χ1) is 8.52. The van der Waals surface area contributed by atoms with Crippen LogP contribution in [0.5, 0.6) is 0 Å². The second-order valence-electron chi connectivity index (χ2n) is 3.19. The maximum Gasteiger partial charge on any atom is 0.379 e. The minimum atomic E-state index is -1.11. The zero-order valence-electron chi connectivity index (χ0n) is 9.76. The van der Waals surface area contributed by atoms with E-state index in [9.17, 15) is 19.2 Å². The molecule has 0 radical (unpaired) electrons. The predicted molar refractivity (Wildman–Crippen MR) is 59.1 cm³/mol. The molecule has 0 heterocycles. The van der Waals surface area contributed by atoms with Gasteiger partial charge in [-0.3, -0.25) is 9.59 Å². The van der Waals surface area contributed by atoms with Crippen LogP contribution in [0.1, 0.15) is 20.7 Å². The highest BCUT2D eigenvalue weighted by Gasteiger charge is 2.26. The Bertz CT molecular complexity index is 470. The Hall–Kier alpha value is -2.50. The number of ketones is 2. The average molecular weight is 250 g/mol. The van der Waals surface area contributed by atoms with Crippen molar-refractivity contribution in [3.63, 3.8) is 0 Å². The number of hydrogen-bond donors (Lipinski definition) is 0. The van der Waals surface area contributed by atoms with Crippen molar-refractivity contribution in [3.8, 4) is 0 Å². The molecule has 0 aliphatic rings. The Morgan fingerprint density at radius 3 is 1.39 bits per heavy atom. The van der Waals surface area contributed by atoms with Crippen molar-refractivity contribution in [2.45, 2.75) is 0 Å². The number of benzene rings is 1. The minimum Gasteiger partial charge on any atom is -0.463 e. The highest BCUT2D eigenvalue weighted by atomic mass is 16.5. The molecule has 0 saturated carbocycles. The Kier molecular flexibility index (Phi) is 4.31. The van der Waals surface area contributed by atoms with E-state index in [0.29, 0.717) is 0 Å². The molecule has 0 fully saturated rings. The molecule has 6 heteroatoms. The molecule has 0 amide bonds. The summed E-state index contributed by atoms with van der Waals surface area (Å²) in [6.45, 7) is 0. The van der Waals surface area contributed by atoms with Crippen molar-refractivity contribution in [2.24, 2.45) is 0 Å². The molecule has 94 valence electrons. The molecule has 1 aromatic carbocycles. The van der Waals surface area contributed by atoms with Crippen LogP contribution in [0.4, 0.5) is 0 Å². The fourth-order valence-electron chi connectivity index (χ4n) is 1.28. The largest absolute Gasteiger partial charge is 0.463 e. The standard InChI is InChI=1S/C12H10O6/c1-17-11(15)9(13)7-5-3-4-6-8(7)10(14)12(16)18-2/h3-6H,1-2H3. The number of ether oxygens (including phenoxy) is 2. The molecule has 0 unspecified atom stereocenters. The van der Waals surface area contributed by atoms with Crippen molar-refractivity contribution >= 4 is 23.5 Å². The molecular weight excluding hydrogens is 240 g/mol. The van der Waals surface area contributed by atoms with Gasteiger partial charge in [-0.1, -0.05) is 24.3 Å². The highest BCUT2D eigenvalue weighted by molar-refractivity contribution is 6.47. The lowest BCUT2D eigenvalue weighted by atomic mass is 10.0. The van der Waals surface area contributed by atoms with Gasteiger partial charge in [0.1, 0.15) is 0 Å². The van der Waals surface area contributed by atoms with Gasteiger partial charge in [-0.25, -0.2) is 9.59 Å².